The summed E-state index contributed by atoms with van der Waals surface area (Å²) in [6.45, 7) is 3.60. The van der Waals surface area contributed by atoms with E-state index in [0.717, 1.165) is 43.1 Å². The van der Waals surface area contributed by atoms with Gasteiger partial charge in [-0.3, -0.25) is 4.90 Å². The van der Waals surface area contributed by atoms with Gasteiger partial charge in [0.2, 0.25) is 0 Å². The summed E-state index contributed by atoms with van der Waals surface area (Å²) >= 11 is 0. The number of hydrogen-bond acceptors (Lipinski definition) is 3. The number of benzene rings is 10. The summed E-state index contributed by atoms with van der Waals surface area (Å²) in [7, 11) is 1.74. The number of nitrogens with zero attached hydrogens (tertiary/aromatic N) is 1. The minimum Gasteiger partial charge on any atom is -0.382 e. The summed E-state index contributed by atoms with van der Waals surface area (Å²) < 4.78 is 27.6. The first kappa shape index (κ1) is 29.3. The quantitative estimate of drug-likeness (QED) is 0.119. The highest BCUT2D eigenvalue weighted by Gasteiger charge is 2.62. The molecule has 5 aliphatic rings. The van der Waals surface area contributed by atoms with Crippen LogP contribution in [0.15, 0.2) is 66.7 Å². The first-order valence-electron chi connectivity index (χ1n) is 22.2. The molecule has 0 saturated carbocycles. The van der Waals surface area contributed by atoms with Gasteiger partial charge >= 0.3 is 0 Å². The maximum Gasteiger partial charge on any atom is 0.131 e. The predicted octanol–water partition coefficient (Wildman–Crippen LogP) is 11.0. The molecule has 1 saturated heterocycles. The number of fused-ring (bicyclic) bond motifs is 2. The minimum atomic E-state index is -0.216. The Morgan fingerprint density at radius 3 is 2.02 bits per heavy atom. The third-order valence-corrected chi connectivity index (χ3v) is 18.0. The molecule has 19 rings (SSSR count). The summed E-state index contributed by atoms with van der Waals surface area (Å²) in [4.78, 5) is 2.78. The fourth-order valence-corrected chi connectivity index (χ4v) is 16.7. The molecule has 1 fully saturated rings. The van der Waals surface area contributed by atoms with E-state index in [0.29, 0.717) is 25.7 Å². The summed E-state index contributed by atoms with van der Waals surface area (Å²) in [5.41, 5.74) is 9.09. The molecule has 60 heavy (non-hydrogen) atoms. The van der Waals surface area contributed by atoms with Crippen LogP contribution in [0.2, 0.25) is 0 Å². The molecule has 1 aliphatic heterocycles. The zero-order valence-corrected chi connectivity index (χ0v) is 32.8. The SMILES string of the molecule is COCCOCCN1CC2C3=c4c5c6c7c(cc8cc9cc%10cc%11cc%12c%13c(c4c4c5c5c7c8c7c9c%10c8c%11c%13c4c8c75)=C(C3)C%12)CC62C1c1cccc2c(F)cccc12. The molecule has 0 aromatic heterocycles. The largest absolute Gasteiger partial charge is 0.382 e. The molecule has 3 atom stereocenters. The summed E-state index contributed by atoms with van der Waals surface area (Å²) in [6.07, 6.45) is 3.09. The van der Waals surface area contributed by atoms with Gasteiger partial charge in [0, 0.05) is 43.0 Å². The van der Waals surface area contributed by atoms with E-state index in [1.165, 1.54) is 59.6 Å². The molecule has 4 heteroatoms. The van der Waals surface area contributed by atoms with Crippen molar-refractivity contribution in [2.45, 2.75) is 30.7 Å². The number of ether oxygens (including phenoxy) is 2. The Morgan fingerprint density at radius 1 is 0.600 bits per heavy atom. The van der Waals surface area contributed by atoms with Crippen molar-refractivity contribution in [1.29, 1.82) is 0 Å². The Balaban J connectivity index is 1.08. The van der Waals surface area contributed by atoms with Gasteiger partial charge in [-0.1, -0.05) is 53.6 Å². The van der Waals surface area contributed by atoms with Crippen molar-refractivity contribution in [3.63, 3.8) is 0 Å². The lowest BCUT2D eigenvalue weighted by atomic mass is 9.59. The molecule has 3 unspecified atom stereocenters. The van der Waals surface area contributed by atoms with Gasteiger partial charge in [0.1, 0.15) is 5.82 Å². The van der Waals surface area contributed by atoms with Crippen LogP contribution >= 0.6 is 0 Å². The molecule has 0 N–H and O–H groups in total. The summed E-state index contributed by atoms with van der Waals surface area (Å²) in [5, 5.41) is 38.7. The van der Waals surface area contributed by atoms with E-state index in [4.69, 9.17) is 9.47 Å². The Bertz CT molecular complexity index is 4470. The van der Waals surface area contributed by atoms with Crippen molar-refractivity contribution in [3.05, 3.63) is 105 Å². The molecule has 0 radical (unpaired) electrons. The van der Waals surface area contributed by atoms with Crippen LogP contribution < -0.4 is 10.4 Å². The van der Waals surface area contributed by atoms with E-state index in [2.05, 4.69) is 53.4 Å². The Hall–Kier alpha value is -5.91. The molecular weight excluding hydrogens is 738 g/mol. The van der Waals surface area contributed by atoms with Crippen LogP contribution in [-0.4, -0.2) is 44.9 Å². The van der Waals surface area contributed by atoms with Crippen molar-refractivity contribution in [2.24, 2.45) is 5.92 Å². The van der Waals surface area contributed by atoms with Crippen molar-refractivity contribution in [2.75, 3.05) is 40.0 Å². The lowest BCUT2D eigenvalue weighted by Crippen LogP contribution is -2.44. The molecule has 0 amide bonds. The van der Waals surface area contributed by atoms with Crippen molar-refractivity contribution in [1.82, 2.24) is 4.90 Å². The Morgan fingerprint density at radius 2 is 1.23 bits per heavy atom. The van der Waals surface area contributed by atoms with E-state index in [1.54, 1.807) is 116 Å². The third kappa shape index (κ3) is 2.52. The highest BCUT2D eigenvalue weighted by molar-refractivity contribution is 6.63. The summed E-state index contributed by atoms with van der Waals surface area (Å²) in [5.74, 6) is 0.184. The predicted molar refractivity (Wildman–Crippen MR) is 244 cm³/mol. The smallest absolute Gasteiger partial charge is 0.131 e. The molecule has 14 aromatic rings. The topological polar surface area (TPSA) is 21.7 Å². The zero-order valence-electron chi connectivity index (χ0n) is 32.8. The van der Waals surface area contributed by atoms with Gasteiger partial charge in [0.25, 0.3) is 0 Å². The van der Waals surface area contributed by atoms with Gasteiger partial charge in [-0.15, -0.1) is 0 Å². The lowest BCUT2D eigenvalue weighted by Gasteiger charge is -2.43. The van der Waals surface area contributed by atoms with Gasteiger partial charge in [0.05, 0.1) is 19.8 Å². The van der Waals surface area contributed by atoms with E-state index < -0.39 is 0 Å². The number of rotatable bonds is 7. The maximum absolute atomic E-state index is 15.9. The number of halogens is 1. The van der Waals surface area contributed by atoms with E-state index >= 15 is 4.39 Å². The molecule has 0 bridgehead atoms. The highest BCUT2D eigenvalue weighted by atomic mass is 19.1. The Labute approximate surface area is 339 Å². The normalized spacial score (nSPS) is 22.6. The van der Waals surface area contributed by atoms with Crippen LogP contribution in [0.5, 0.6) is 0 Å². The number of likely N-dealkylation sites (tertiary alicyclic amines) is 1. The number of hydrogen-bond donors (Lipinski definition) is 0. The first-order chi connectivity index (χ1) is 29.7. The maximum atomic E-state index is 15.9. The molecule has 280 valence electrons. The first-order valence-corrected chi connectivity index (χ1v) is 22.2. The fraction of sp³-hybridized carbons (Fsp3) is 0.214. The van der Waals surface area contributed by atoms with Crippen LogP contribution in [0.1, 0.15) is 34.7 Å². The third-order valence-electron chi connectivity index (χ3n) is 18.0. The molecule has 1 heterocycles. The van der Waals surface area contributed by atoms with Crippen LogP contribution in [0, 0.1) is 11.7 Å². The highest BCUT2D eigenvalue weighted by Crippen LogP contribution is 2.70. The monoisotopic (exact) mass is 769 g/mol. The average Bonchev–Trinajstić information content (AvgIpc) is 4.11. The van der Waals surface area contributed by atoms with E-state index in [-0.39, 0.29) is 17.3 Å². The molecule has 1 spiro atoms. The Kier molecular flexibility index (Phi) is 4.23. The molecular formula is C56H32FNO2. The second-order valence-corrected chi connectivity index (χ2v) is 19.9. The van der Waals surface area contributed by atoms with Crippen molar-refractivity contribution >= 4 is 140 Å². The van der Waals surface area contributed by atoms with E-state index in [1.807, 2.05) is 12.1 Å². The fourth-order valence-electron chi connectivity index (χ4n) is 16.7. The lowest BCUT2D eigenvalue weighted by molar-refractivity contribution is 0.0526. The van der Waals surface area contributed by atoms with Gasteiger partial charge < -0.3 is 9.47 Å². The zero-order chi connectivity index (χ0) is 38.1. The van der Waals surface area contributed by atoms with Crippen molar-refractivity contribution < 1.29 is 13.9 Å². The van der Waals surface area contributed by atoms with Crippen LogP contribution in [0.25, 0.3) is 140 Å². The second kappa shape index (κ2) is 8.64. The van der Waals surface area contributed by atoms with Gasteiger partial charge in [-0.25, -0.2) is 4.39 Å². The van der Waals surface area contributed by atoms with Gasteiger partial charge in [-0.2, -0.15) is 0 Å². The number of methoxy groups -OCH3 is 1. The van der Waals surface area contributed by atoms with Crippen LogP contribution in [0.4, 0.5) is 4.39 Å². The van der Waals surface area contributed by atoms with Crippen molar-refractivity contribution in [3.8, 4) is 0 Å². The molecule has 14 aromatic carbocycles. The molecule has 3 nitrogen and oxygen atoms in total. The average molecular weight is 770 g/mol. The van der Waals surface area contributed by atoms with Crippen LogP contribution in [-0.2, 0) is 27.7 Å². The minimum absolute atomic E-state index is 0.0501. The second-order valence-electron chi connectivity index (χ2n) is 19.9. The van der Waals surface area contributed by atoms with Crippen LogP contribution in [0.3, 0.4) is 0 Å². The van der Waals surface area contributed by atoms with E-state index in [9.17, 15) is 0 Å². The van der Waals surface area contributed by atoms with Gasteiger partial charge in [0.15, 0.2) is 0 Å². The molecule has 4 aliphatic carbocycles. The standard InChI is InChI=1S/C56H32FNO2/c1-59-10-11-60-9-8-58-20-32-31-18-26-16-23-14-24-13-21-12-22-15-25-17-27-19-56(32,55(58)30-6-2-5-29-28(30)4-3-7-33(29)57)54-40(27)45-39(25)44-35(22)34(21)42-38(24)43-36(23)37(26)46-41(31)53(54)52-50(45)48(44)47(42)49(43)51(46)52/h2-7,12-15,17,32,55H,8-11,16,18-20H2,1H3. The van der Waals surface area contributed by atoms with Gasteiger partial charge in [-0.05, 0) is 200 Å². The summed E-state index contributed by atoms with van der Waals surface area (Å²) in [6, 6.07) is 25.2.